The van der Waals surface area contributed by atoms with Gasteiger partial charge in [-0.25, -0.2) is 0 Å². The van der Waals surface area contributed by atoms with E-state index in [9.17, 15) is 0 Å². The molecule has 1 aromatic rings. The zero-order valence-corrected chi connectivity index (χ0v) is 12.8. The van der Waals surface area contributed by atoms with Gasteiger partial charge in [0.2, 0.25) is 0 Å². The predicted molar refractivity (Wildman–Crippen MR) is 87.6 cm³/mol. The van der Waals surface area contributed by atoms with Crippen LogP contribution in [0, 0.1) is 0 Å². The van der Waals surface area contributed by atoms with Crippen molar-refractivity contribution < 1.29 is 0 Å². The molecule has 20 heavy (non-hydrogen) atoms. The number of nitrogens with zero attached hydrogens (tertiary/aromatic N) is 2. The highest BCUT2D eigenvalue weighted by atomic mass is 15.4. The third kappa shape index (κ3) is 6.34. The van der Waals surface area contributed by atoms with Crippen LogP contribution in [0.1, 0.15) is 26.3 Å². The lowest BCUT2D eigenvalue weighted by molar-refractivity contribution is 0.391. The highest BCUT2D eigenvalue weighted by Gasteiger charge is 1.99. The molecule has 0 aliphatic rings. The van der Waals surface area contributed by atoms with E-state index in [0.29, 0.717) is 0 Å². The lowest BCUT2D eigenvalue weighted by atomic mass is 10.2. The third-order valence-corrected chi connectivity index (χ3v) is 3.04. The Morgan fingerprint density at radius 2 is 1.85 bits per heavy atom. The van der Waals surface area contributed by atoms with Gasteiger partial charge in [-0.1, -0.05) is 42.0 Å². The number of hydrazone groups is 1. The first-order valence-electron chi connectivity index (χ1n) is 6.92. The SMILES string of the molecule is C=NN(/C=C(\C)CNC/C(C)=C/C)Cc1ccccc1. The molecule has 0 aliphatic heterocycles. The van der Waals surface area contributed by atoms with Gasteiger partial charge in [0.05, 0.1) is 6.54 Å². The molecule has 1 N–H and O–H groups in total. The van der Waals surface area contributed by atoms with Gasteiger partial charge in [-0.2, -0.15) is 5.10 Å². The fraction of sp³-hybridized carbons (Fsp3) is 0.353. The minimum atomic E-state index is 0.746. The minimum absolute atomic E-state index is 0.746. The van der Waals surface area contributed by atoms with Gasteiger partial charge in [0.15, 0.2) is 0 Å². The summed E-state index contributed by atoms with van der Waals surface area (Å²) in [5.41, 5.74) is 3.81. The summed E-state index contributed by atoms with van der Waals surface area (Å²) in [6, 6.07) is 10.3. The zero-order valence-electron chi connectivity index (χ0n) is 12.8. The molecule has 0 amide bonds. The van der Waals surface area contributed by atoms with Crippen LogP contribution in [0.3, 0.4) is 0 Å². The second kappa shape index (κ2) is 9.10. The summed E-state index contributed by atoms with van der Waals surface area (Å²) in [6.07, 6.45) is 4.16. The van der Waals surface area contributed by atoms with Gasteiger partial charge >= 0.3 is 0 Å². The lowest BCUT2D eigenvalue weighted by Crippen LogP contribution is -2.20. The van der Waals surface area contributed by atoms with Crippen molar-refractivity contribution in [2.45, 2.75) is 27.3 Å². The molecule has 0 fully saturated rings. The molecular weight excluding hydrogens is 246 g/mol. The Balaban J connectivity index is 2.49. The van der Waals surface area contributed by atoms with Crippen LogP contribution in [-0.4, -0.2) is 24.8 Å². The van der Waals surface area contributed by atoms with Crippen molar-refractivity contribution in [3.8, 4) is 0 Å². The van der Waals surface area contributed by atoms with Gasteiger partial charge in [0.1, 0.15) is 0 Å². The average molecular weight is 271 g/mol. The van der Waals surface area contributed by atoms with Crippen molar-refractivity contribution in [1.29, 1.82) is 0 Å². The third-order valence-electron chi connectivity index (χ3n) is 3.04. The Hall–Kier alpha value is -1.87. The van der Waals surface area contributed by atoms with Crippen molar-refractivity contribution in [1.82, 2.24) is 10.3 Å². The van der Waals surface area contributed by atoms with E-state index in [-0.39, 0.29) is 0 Å². The van der Waals surface area contributed by atoms with Crippen LogP contribution < -0.4 is 5.32 Å². The molecule has 0 unspecified atom stereocenters. The summed E-state index contributed by atoms with van der Waals surface area (Å²) >= 11 is 0. The summed E-state index contributed by atoms with van der Waals surface area (Å²) in [5.74, 6) is 0. The molecule has 0 saturated carbocycles. The van der Waals surface area contributed by atoms with Crippen molar-refractivity contribution in [2.24, 2.45) is 5.10 Å². The van der Waals surface area contributed by atoms with Crippen molar-refractivity contribution in [3.63, 3.8) is 0 Å². The zero-order chi connectivity index (χ0) is 14.8. The highest BCUT2D eigenvalue weighted by Crippen LogP contribution is 2.06. The Morgan fingerprint density at radius 3 is 2.45 bits per heavy atom. The van der Waals surface area contributed by atoms with E-state index in [1.165, 1.54) is 16.7 Å². The van der Waals surface area contributed by atoms with Crippen molar-refractivity contribution in [3.05, 3.63) is 59.3 Å². The first kappa shape index (κ1) is 16.2. The smallest absolute Gasteiger partial charge is 0.0659 e. The Morgan fingerprint density at radius 1 is 1.20 bits per heavy atom. The van der Waals surface area contributed by atoms with Gasteiger partial charge < -0.3 is 5.32 Å². The van der Waals surface area contributed by atoms with E-state index >= 15 is 0 Å². The van der Waals surface area contributed by atoms with Crippen LogP contribution >= 0.6 is 0 Å². The molecule has 1 rings (SSSR count). The summed E-state index contributed by atoms with van der Waals surface area (Å²) in [7, 11) is 0. The Bertz CT molecular complexity index is 460. The Labute approximate surface area is 122 Å². The van der Waals surface area contributed by atoms with Gasteiger partial charge in [-0.3, -0.25) is 5.01 Å². The quantitative estimate of drug-likeness (QED) is 0.445. The number of benzene rings is 1. The van der Waals surface area contributed by atoms with E-state index in [4.69, 9.17) is 0 Å². The van der Waals surface area contributed by atoms with Gasteiger partial charge in [-0.15, -0.1) is 0 Å². The molecule has 3 heteroatoms. The van der Waals surface area contributed by atoms with Gasteiger partial charge in [-0.05, 0) is 31.9 Å². The molecule has 0 atom stereocenters. The number of allylic oxidation sites excluding steroid dienone is 1. The Kier molecular flexibility index (Phi) is 7.36. The first-order chi connectivity index (χ1) is 9.65. The molecule has 0 aromatic heterocycles. The minimum Gasteiger partial charge on any atom is -0.309 e. The number of hydrogen-bond donors (Lipinski definition) is 1. The molecular formula is C17H25N3. The summed E-state index contributed by atoms with van der Waals surface area (Å²) < 4.78 is 0. The lowest BCUT2D eigenvalue weighted by Gasteiger charge is -2.15. The average Bonchev–Trinajstić information content (AvgIpc) is 2.47. The fourth-order valence-electron chi connectivity index (χ4n) is 1.77. The van der Waals surface area contributed by atoms with E-state index < -0.39 is 0 Å². The summed E-state index contributed by atoms with van der Waals surface area (Å²) in [6.45, 7) is 12.4. The van der Waals surface area contributed by atoms with Crippen LogP contribution in [-0.2, 0) is 6.54 Å². The van der Waals surface area contributed by atoms with Crippen molar-refractivity contribution >= 4 is 6.72 Å². The molecule has 0 saturated heterocycles. The topological polar surface area (TPSA) is 27.6 Å². The molecule has 108 valence electrons. The number of rotatable bonds is 8. The normalized spacial score (nSPS) is 12.3. The maximum atomic E-state index is 4.05. The second-order valence-corrected chi connectivity index (χ2v) is 4.94. The molecule has 0 spiro atoms. The van der Waals surface area contributed by atoms with Crippen LogP contribution in [0.2, 0.25) is 0 Å². The highest BCUT2D eigenvalue weighted by molar-refractivity contribution is 5.24. The van der Waals surface area contributed by atoms with Crippen molar-refractivity contribution in [2.75, 3.05) is 13.1 Å². The standard InChI is InChI=1S/C17H25N3/c1-5-15(2)11-19-12-16(3)13-20(18-4)14-17-9-7-6-8-10-17/h5-10,13,19H,4,11-12,14H2,1-3H3/b15-5+,16-13+. The maximum Gasteiger partial charge on any atom is 0.0659 e. The van der Waals surface area contributed by atoms with Gasteiger partial charge in [0.25, 0.3) is 0 Å². The summed E-state index contributed by atoms with van der Waals surface area (Å²) in [4.78, 5) is 0. The molecule has 1 aromatic carbocycles. The van der Waals surface area contributed by atoms with Crippen LogP contribution in [0.15, 0.2) is 58.9 Å². The van der Waals surface area contributed by atoms with Gasteiger partial charge in [0, 0.05) is 26.0 Å². The maximum absolute atomic E-state index is 4.05. The fourth-order valence-corrected chi connectivity index (χ4v) is 1.77. The van der Waals surface area contributed by atoms with E-state index in [0.717, 1.165) is 19.6 Å². The monoisotopic (exact) mass is 271 g/mol. The predicted octanol–water partition coefficient (Wildman–Crippen LogP) is 3.56. The molecule has 0 heterocycles. The van der Waals surface area contributed by atoms with Crippen LogP contribution in [0.4, 0.5) is 0 Å². The van der Waals surface area contributed by atoms with E-state index in [1.807, 2.05) is 29.4 Å². The summed E-state index contributed by atoms with van der Waals surface area (Å²) in [5, 5.41) is 9.32. The van der Waals surface area contributed by atoms with Crippen LogP contribution in [0.5, 0.6) is 0 Å². The number of nitrogens with one attached hydrogen (secondary N) is 1. The largest absolute Gasteiger partial charge is 0.309 e. The van der Waals surface area contributed by atoms with Crippen LogP contribution in [0.25, 0.3) is 0 Å². The molecule has 0 bridgehead atoms. The first-order valence-corrected chi connectivity index (χ1v) is 6.92. The second-order valence-electron chi connectivity index (χ2n) is 4.94. The number of hydrogen-bond acceptors (Lipinski definition) is 3. The molecule has 0 aliphatic carbocycles. The van der Waals surface area contributed by atoms with E-state index in [1.54, 1.807) is 0 Å². The molecule has 3 nitrogen and oxygen atoms in total. The van der Waals surface area contributed by atoms with E-state index in [2.05, 4.69) is 56.1 Å². The molecule has 0 radical (unpaired) electrons.